The summed E-state index contributed by atoms with van der Waals surface area (Å²) in [7, 11) is 0. The average molecular weight is 252 g/mol. The molecule has 1 aliphatic carbocycles. The molecule has 0 aromatic heterocycles. The first-order valence-corrected chi connectivity index (χ1v) is 5.93. The Morgan fingerprint density at radius 1 is 1.24 bits per heavy atom. The number of carbonyl (C=O) groups is 1. The van der Waals surface area contributed by atoms with Gasteiger partial charge in [-0.15, -0.1) is 0 Å². The van der Waals surface area contributed by atoms with Gasteiger partial charge in [0.2, 0.25) is 5.91 Å². The molecule has 0 heterocycles. The first-order chi connectivity index (χ1) is 7.87. The van der Waals surface area contributed by atoms with Crippen LogP contribution in [0.4, 0.5) is 13.2 Å². The molecular formula is C11H19F3N2O. The maximum atomic E-state index is 11.8. The van der Waals surface area contributed by atoms with Crippen LogP contribution in [0.5, 0.6) is 0 Å². The number of alkyl halides is 3. The number of hydrogen-bond acceptors (Lipinski definition) is 2. The van der Waals surface area contributed by atoms with E-state index in [9.17, 15) is 18.0 Å². The maximum Gasteiger partial charge on any atom is 0.401 e. The molecule has 1 aliphatic rings. The lowest BCUT2D eigenvalue weighted by molar-refractivity contribution is -0.128. The molecule has 3 nitrogen and oxygen atoms in total. The fraction of sp³-hybridized carbons (Fsp3) is 0.909. The van der Waals surface area contributed by atoms with Crippen LogP contribution in [0.15, 0.2) is 0 Å². The Morgan fingerprint density at radius 2 is 1.82 bits per heavy atom. The molecule has 0 atom stereocenters. The van der Waals surface area contributed by atoms with Crippen LogP contribution in [0, 0.1) is 5.92 Å². The van der Waals surface area contributed by atoms with Crippen molar-refractivity contribution >= 4 is 5.91 Å². The van der Waals surface area contributed by atoms with E-state index in [0.717, 1.165) is 25.7 Å². The molecule has 0 radical (unpaired) electrons. The monoisotopic (exact) mass is 252 g/mol. The molecule has 0 unspecified atom stereocenters. The Kier molecular flexibility index (Phi) is 5.24. The number of hydrogen-bond donors (Lipinski definition) is 2. The zero-order valence-electron chi connectivity index (χ0n) is 9.94. The van der Waals surface area contributed by atoms with Gasteiger partial charge in [0.15, 0.2) is 0 Å². The van der Waals surface area contributed by atoms with Gasteiger partial charge in [0.05, 0.1) is 13.1 Å². The molecule has 2 N–H and O–H groups in total. The molecule has 0 aliphatic heterocycles. The summed E-state index contributed by atoms with van der Waals surface area (Å²) in [6, 6.07) is 0.131. The SMILES string of the molecule is CC1CCC(NC(=O)CNCC(F)(F)F)CC1. The largest absolute Gasteiger partial charge is 0.401 e. The van der Waals surface area contributed by atoms with Crippen LogP contribution in [0.3, 0.4) is 0 Å². The van der Waals surface area contributed by atoms with Gasteiger partial charge in [-0.05, 0) is 31.6 Å². The smallest absolute Gasteiger partial charge is 0.352 e. The standard InChI is InChI=1S/C11H19F3N2O/c1-8-2-4-9(5-3-8)16-10(17)6-15-7-11(12,13)14/h8-9,15H,2-7H2,1H3,(H,16,17). The quantitative estimate of drug-likeness (QED) is 0.801. The zero-order valence-corrected chi connectivity index (χ0v) is 9.94. The van der Waals surface area contributed by atoms with Crippen LogP contribution in [0.25, 0.3) is 0 Å². The van der Waals surface area contributed by atoms with Crippen LogP contribution in [-0.2, 0) is 4.79 Å². The van der Waals surface area contributed by atoms with Gasteiger partial charge in [-0.2, -0.15) is 13.2 Å². The molecular weight excluding hydrogens is 233 g/mol. The Bertz CT molecular complexity index is 248. The minimum atomic E-state index is -4.26. The molecule has 0 aromatic carbocycles. The fourth-order valence-corrected chi connectivity index (χ4v) is 2.00. The number of nitrogens with one attached hydrogen (secondary N) is 2. The van der Waals surface area contributed by atoms with E-state index >= 15 is 0 Å². The first-order valence-electron chi connectivity index (χ1n) is 5.93. The predicted octanol–water partition coefficient (Wildman–Crippen LogP) is 1.83. The van der Waals surface area contributed by atoms with Crippen molar-refractivity contribution in [3.05, 3.63) is 0 Å². The summed E-state index contributed by atoms with van der Waals surface area (Å²) in [5, 5.41) is 4.84. The van der Waals surface area contributed by atoms with Crippen LogP contribution >= 0.6 is 0 Å². The lowest BCUT2D eigenvalue weighted by Crippen LogP contribution is -2.43. The third-order valence-corrected chi connectivity index (χ3v) is 2.99. The molecule has 1 amide bonds. The van der Waals surface area contributed by atoms with Gasteiger partial charge in [-0.25, -0.2) is 0 Å². The first kappa shape index (κ1) is 14.3. The highest BCUT2D eigenvalue weighted by Gasteiger charge is 2.27. The summed E-state index contributed by atoms with van der Waals surface area (Å²) in [5.74, 6) is 0.334. The molecule has 1 saturated carbocycles. The summed E-state index contributed by atoms with van der Waals surface area (Å²) >= 11 is 0. The van der Waals surface area contributed by atoms with Gasteiger partial charge in [0.1, 0.15) is 0 Å². The van der Waals surface area contributed by atoms with Crippen LogP contribution < -0.4 is 10.6 Å². The summed E-state index contributed by atoms with van der Waals surface area (Å²) in [5.41, 5.74) is 0. The highest BCUT2D eigenvalue weighted by Crippen LogP contribution is 2.23. The van der Waals surface area contributed by atoms with Crippen molar-refractivity contribution in [2.45, 2.75) is 44.8 Å². The van der Waals surface area contributed by atoms with Gasteiger partial charge in [-0.3, -0.25) is 4.79 Å². The second-order valence-corrected chi connectivity index (χ2v) is 4.74. The highest BCUT2D eigenvalue weighted by atomic mass is 19.4. The number of carbonyl (C=O) groups excluding carboxylic acids is 1. The van der Waals surface area contributed by atoms with Crippen LogP contribution in [0.2, 0.25) is 0 Å². The van der Waals surface area contributed by atoms with E-state index in [2.05, 4.69) is 17.6 Å². The minimum Gasteiger partial charge on any atom is -0.352 e. The predicted molar refractivity (Wildman–Crippen MR) is 58.5 cm³/mol. The van der Waals surface area contributed by atoms with Crippen molar-refractivity contribution in [3.63, 3.8) is 0 Å². The third-order valence-electron chi connectivity index (χ3n) is 2.99. The molecule has 17 heavy (non-hydrogen) atoms. The van der Waals surface area contributed by atoms with Crippen molar-refractivity contribution in [3.8, 4) is 0 Å². The second kappa shape index (κ2) is 6.23. The van der Waals surface area contributed by atoms with E-state index < -0.39 is 12.7 Å². The van der Waals surface area contributed by atoms with Crippen molar-refractivity contribution in [2.24, 2.45) is 5.92 Å². The van der Waals surface area contributed by atoms with Crippen molar-refractivity contribution in [2.75, 3.05) is 13.1 Å². The second-order valence-electron chi connectivity index (χ2n) is 4.74. The lowest BCUT2D eigenvalue weighted by atomic mass is 9.87. The Morgan fingerprint density at radius 3 is 2.35 bits per heavy atom. The lowest BCUT2D eigenvalue weighted by Gasteiger charge is -2.26. The van der Waals surface area contributed by atoms with E-state index in [1.165, 1.54) is 0 Å². The zero-order chi connectivity index (χ0) is 12.9. The number of halogens is 3. The minimum absolute atomic E-state index is 0.131. The molecule has 0 bridgehead atoms. The van der Waals surface area contributed by atoms with E-state index in [1.807, 2.05) is 0 Å². The Hall–Kier alpha value is -0.780. The highest BCUT2D eigenvalue weighted by molar-refractivity contribution is 5.78. The van der Waals surface area contributed by atoms with Crippen LogP contribution in [0.1, 0.15) is 32.6 Å². The number of rotatable bonds is 4. The third kappa shape index (κ3) is 6.51. The maximum absolute atomic E-state index is 11.8. The fourth-order valence-electron chi connectivity index (χ4n) is 2.00. The van der Waals surface area contributed by atoms with Crippen molar-refractivity contribution in [1.82, 2.24) is 10.6 Å². The van der Waals surface area contributed by atoms with E-state index in [-0.39, 0.29) is 18.5 Å². The topological polar surface area (TPSA) is 41.1 Å². The summed E-state index contributed by atoms with van der Waals surface area (Å²) in [6.07, 6.45) is -0.277. The summed E-state index contributed by atoms with van der Waals surface area (Å²) in [4.78, 5) is 11.3. The number of amides is 1. The Balaban J connectivity index is 2.13. The van der Waals surface area contributed by atoms with Gasteiger partial charge in [0.25, 0.3) is 0 Å². The normalized spacial score (nSPS) is 25.6. The van der Waals surface area contributed by atoms with Crippen molar-refractivity contribution < 1.29 is 18.0 Å². The van der Waals surface area contributed by atoms with Gasteiger partial charge in [0, 0.05) is 6.04 Å². The molecule has 0 saturated heterocycles. The molecule has 0 spiro atoms. The van der Waals surface area contributed by atoms with Crippen LogP contribution in [-0.4, -0.2) is 31.2 Å². The van der Waals surface area contributed by atoms with Gasteiger partial charge < -0.3 is 10.6 Å². The molecule has 1 rings (SSSR count). The van der Waals surface area contributed by atoms with E-state index in [4.69, 9.17) is 0 Å². The Labute approximate surface area is 99.1 Å². The molecule has 6 heteroatoms. The average Bonchev–Trinajstić information content (AvgIpc) is 2.19. The van der Waals surface area contributed by atoms with Gasteiger partial charge in [-0.1, -0.05) is 6.92 Å². The van der Waals surface area contributed by atoms with Gasteiger partial charge >= 0.3 is 6.18 Å². The van der Waals surface area contributed by atoms with E-state index in [0.29, 0.717) is 5.92 Å². The molecule has 100 valence electrons. The van der Waals surface area contributed by atoms with E-state index in [1.54, 1.807) is 0 Å². The molecule has 0 aromatic rings. The summed E-state index contributed by atoms with van der Waals surface area (Å²) < 4.78 is 35.4. The summed E-state index contributed by atoms with van der Waals surface area (Å²) in [6.45, 7) is 0.774. The molecule has 1 fully saturated rings. The van der Waals surface area contributed by atoms with Crippen molar-refractivity contribution in [1.29, 1.82) is 0 Å².